The van der Waals surface area contributed by atoms with Crippen molar-refractivity contribution in [2.24, 2.45) is 0 Å². The minimum atomic E-state index is -3.62. The summed E-state index contributed by atoms with van der Waals surface area (Å²) >= 11 is 5.92. The Bertz CT molecular complexity index is 508. The Morgan fingerprint density at radius 1 is 1.50 bits per heavy atom. The molecular formula is C11H17ClN2O3S. The van der Waals surface area contributed by atoms with E-state index in [1.165, 1.54) is 19.2 Å². The number of hydrogen-bond donors (Lipinski definition) is 2. The lowest BCUT2D eigenvalue weighted by molar-refractivity contribution is 0.122. The van der Waals surface area contributed by atoms with Crippen LogP contribution in [-0.4, -0.2) is 28.2 Å². The van der Waals surface area contributed by atoms with E-state index in [2.05, 4.69) is 4.72 Å². The summed E-state index contributed by atoms with van der Waals surface area (Å²) in [6, 6.07) is 2.77. The van der Waals surface area contributed by atoms with Crippen LogP contribution in [0, 0.1) is 6.92 Å². The van der Waals surface area contributed by atoms with Gasteiger partial charge in [0.1, 0.15) is 0 Å². The lowest BCUT2D eigenvalue weighted by atomic mass is 10.2. The van der Waals surface area contributed by atoms with Gasteiger partial charge in [0.15, 0.2) is 0 Å². The fourth-order valence-corrected chi connectivity index (χ4v) is 2.69. The van der Waals surface area contributed by atoms with E-state index in [1.54, 1.807) is 13.8 Å². The maximum Gasteiger partial charge on any atom is 0.240 e. The number of sulfonamides is 1. The van der Waals surface area contributed by atoms with Gasteiger partial charge >= 0.3 is 0 Å². The molecule has 0 amide bonds. The van der Waals surface area contributed by atoms with Crippen LogP contribution in [0.1, 0.15) is 12.5 Å². The van der Waals surface area contributed by atoms with Gasteiger partial charge in [0, 0.05) is 24.4 Å². The van der Waals surface area contributed by atoms with E-state index in [4.69, 9.17) is 22.1 Å². The second-order valence-corrected chi connectivity index (χ2v) is 6.19. The fourth-order valence-electron chi connectivity index (χ4n) is 1.22. The number of ether oxygens (including phenoxy) is 1. The third kappa shape index (κ3) is 3.58. The van der Waals surface area contributed by atoms with Gasteiger partial charge < -0.3 is 10.5 Å². The quantitative estimate of drug-likeness (QED) is 0.807. The van der Waals surface area contributed by atoms with Crippen molar-refractivity contribution in [1.29, 1.82) is 0 Å². The highest BCUT2D eigenvalue weighted by Crippen LogP contribution is 2.25. The van der Waals surface area contributed by atoms with Gasteiger partial charge in [-0.05, 0) is 31.5 Å². The van der Waals surface area contributed by atoms with Crippen LogP contribution in [0.25, 0.3) is 0 Å². The molecule has 102 valence electrons. The number of halogens is 1. The van der Waals surface area contributed by atoms with Crippen LogP contribution in [0.3, 0.4) is 0 Å². The summed E-state index contributed by atoms with van der Waals surface area (Å²) in [4.78, 5) is 0.0545. The lowest BCUT2D eigenvalue weighted by Gasteiger charge is -2.12. The van der Waals surface area contributed by atoms with Crippen molar-refractivity contribution >= 4 is 27.3 Å². The number of nitrogens with one attached hydrogen (secondary N) is 1. The second kappa shape index (κ2) is 5.88. The normalized spacial score (nSPS) is 13.6. The first-order chi connectivity index (χ1) is 8.27. The Kier molecular flexibility index (Phi) is 4.98. The molecule has 0 radical (unpaired) electrons. The molecule has 0 aromatic heterocycles. The molecular weight excluding hydrogens is 276 g/mol. The number of benzene rings is 1. The van der Waals surface area contributed by atoms with Crippen molar-refractivity contribution in [2.45, 2.75) is 24.8 Å². The summed E-state index contributed by atoms with van der Waals surface area (Å²) in [7, 11) is -2.11. The smallest absolute Gasteiger partial charge is 0.240 e. The van der Waals surface area contributed by atoms with E-state index in [-0.39, 0.29) is 17.5 Å². The van der Waals surface area contributed by atoms with Crippen LogP contribution in [0.2, 0.25) is 5.02 Å². The molecule has 7 heteroatoms. The van der Waals surface area contributed by atoms with E-state index >= 15 is 0 Å². The Labute approximate surface area is 112 Å². The molecule has 1 rings (SSSR count). The number of methoxy groups -OCH3 is 1. The third-order valence-corrected chi connectivity index (χ3v) is 4.43. The topological polar surface area (TPSA) is 81.4 Å². The molecule has 0 aliphatic carbocycles. The molecule has 0 aliphatic rings. The molecule has 0 saturated carbocycles. The summed E-state index contributed by atoms with van der Waals surface area (Å²) in [5, 5.41) is 0.329. The van der Waals surface area contributed by atoms with E-state index in [9.17, 15) is 8.42 Å². The zero-order chi connectivity index (χ0) is 13.9. The van der Waals surface area contributed by atoms with Crippen LogP contribution in [-0.2, 0) is 14.8 Å². The molecule has 0 saturated heterocycles. The largest absolute Gasteiger partial charge is 0.398 e. The van der Waals surface area contributed by atoms with E-state index in [0.717, 1.165) is 0 Å². The van der Waals surface area contributed by atoms with Gasteiger partial charge in [-0.2, -0.15) is 0 Å². The molecule has 1 unspecified atom stereocenters. The molecule has 3 N–H and O–H groups in total. The molecule has 0 spiro atoms. The van der Waals surface area contributed by atoms with Gasteiger partial charge in [0.2, 0.25) is 10.0 Å². The summed E-state index contributed by atoms with van der Waals surface area (Å²) < 4.78 is 31.4. The van der Waals surface area contributed by atoms with Crippen LogP contribution < -0.4 is 10.5 Å². The van der Waals surface area contributed by atoms with Crippen molar-refractivity contribution in [3.05, 3.63) is 22.7 Å². The van der Waals surface area contributed by atoms with Crippen LogP contribution >= 0.6 is 11.6 Å². The van der Waals surface area contributed by atoms with Gasteiger partial charge in [-0.15, -0.1) is 0 Å². The fraction of sp³-hybridized carbons (Fsp3) is 0.455. The summed E-state index contributed by atoms with van der Waals surface area (Å²) in [6.45, 7) is 3.68. The minimum Gasteiger partial charge on any atom is -0.398 e. The summed E-state index contributed by atoms with van der Waals surface area (Å²) in [5.74, 6) is 0. The molecule has 0 bridgehead atoms. The van der Waals surface area contributed by atoms with Crippen molar-refractivity contribution in [3.63, 3.8) is 0 Å². The molecule has 1 atom stereocenters. The summed E-state index contributed by atoms with van der Waals surface area (Å²) in [5.41, 5.74) is 6.72. The predicted octanol–water partition coefficient (Wildman–Crippen LogP) is 1.54. The molecule has 0 heterocycles. The zero-order valence-corrected chi connectivity index (χ0v) is 12.1. The zero-order valence-electron chi connectivity index (χ0n) is 10.5. The Morgan fingerprint density at radius 2 is 2.11 bits per heavy atom. The first-order valence-corrected chi connectivity index (χ1v) is 7.22. The van der Waals surface area contributed by atoms with Gasteiger partial charge in [-0.25, -0.2) is 13.1 Å². The van der Waals surface area contributed by atoms with Gasteiger partial charge in [0.25, 0.3) is 0 Å². The van der Waals surface area contributed by atoms with Crippen molar-refractivity contribution in [2.75, 3.05) is 19.4 Å². The van der Waals surface area contributed by atoms with Crippen molar-refractivity contribution in [3.8, 4) is 0 Å². The first-order valence-electron chi connectivity index (χ1n) is 5.36. The van der Waals surface area contributed by atoms with Crippen molar-refractivity contribution < 1.29 is 13.2 Å². The number of nitrogens with two attached hydrogens (primary N) is 1. The average Bonchev–Trinajstić information content (AvgIpc) is 2.32. The summed E-state index contributed by atoms with van der Waals surface area (Å²) in [6.07, 6.45) is -0.210. The third-order valence-electron chi connectivity index (χ3n) is 2.63. The molecule has 0 aliphatic heterocycles. The molecule has 1 aromatic carbocycles. The Balaban J connectivity index is 2.99. The van der Waals surface area contributed by atoms with E-state index in [1.807, 2.05) is 0 Å². The van der Waals surface area contributed by atoms with Gasteiger partial charge in [-0.1, -0.05) is 11.6 Å². The van der Waals surface area contributed by atoms with Crippen molar-refractivity contribution in [1.82, 2.24) is 4.72 Å². The average molecular weight is 293 g/mol. The molecule has 5 nitrogen and oxygen atoms in total. The standard InChI is InChI=1S/C11H17ClN2O3S/c1-7(17-3)6-14-18(15,16)9-4-10(12)8(2)11(13)5-9/h4-5,7,14H,6,13H2,1-3H3. The first kappa shape index (κ1) is 15.2. The highest BCUT2D eigenvalue weighted by atomic mass is 35.5. The molecule has 1 aromatic rings. The second-order valence-electron chi connectivity index (χ2n) is 4.02. The van der Waals surface area contributed by atoms with E-state index in [0.29, 0.717) is 16.3 Å². The molecule has 18 heavy (non-hydrogen) atoms. The number of anilines is 1. The number of hydrogen-bond acceptors (Lipinski definition) is 4. The Morgan fingerprint density at radius 3 is 2.61 bits per heavy atom. The Hall–Kier alpha value is -0.820. The van der Waals surface area contributed by atoms with E-state index < -0.39 is 10.0 Å². The van der Waals surface area contributed by atoms with Gasteiger partial charge in [0.05, 0.1) is 11.0 Å². The maximum atomic E-state index is 12.0. The lowest BCUT2D eigenvalue weighted by Crippen LogP contribution is -2.31. The van der Waals surface area contributed by atoms with Crippen LogP contribution in [0.4, 0.5) is 5.69 Å². The monoisotopic (exact) mass is 292 g/mol. The number of nitrogen functional groups attached to an aromatic ring is 1. The van der Waals surface area contributed by atoms with Gasteiger partial charge in [-0.3, -0.25) is 0 Å². The minimum absolute atomic E-state index is 0.0545. The van der Waals surface area contributed by atoms with Crippen LogP contribution in [0.5, 0.6) is 0 Å². The van der Waals surface area contributed by atoms with Crippen LogP contribution in [0.15, 0.2) is 17.0 Å². The highest BCUT2D eigenvalue weighted by molar-refractivity contribution is 7.89. The number of rotatable bonds is 5. The highest BCUT2D eigenvalue weighted by Gasteiger charge is 2.17. The SMILES string of the molecule is COC(C)CNS(=O)(=O)c1cc(N)c(C)c(Cl)c1. The maximum absolute atomic E-state index is 12.0. The molecule has 0 fully saturated rings. The predicted molar refractivity (Wildman–Crippen MR) is 72.3 cm³/mol.